The fourth-order valence-electron chi connectivity index (χ4n) is 3.62. The van der Waals surface area contributed by atoms with Gasteiger partial charge in [-0.3, -0.25) is 14.5 Å². The van der Waals surface area contributed by atoms with Crippen LogP contribution in [0.2, 0.25) is 0 Å². The molecule has 3 aliphatic rings. The molecule has 0 saturated carbocycles. The van der Waals surface area contributed by atoms with Crippen LogP contribution in [0, 0.1) is 5.92 Å². The van der Waals surface area contributed by atoms with Crippen LogP contribution < -0.4 is 0 Å². The molecular formula is C17H22N2O3. The first-order valence-electron chi connectivity index (χ1n) is 7.93. The van der Waals surface area contributed by atoms with Gasteiger partial charge in [0.2, 0.25) is 0 Å². The third kappa shape index (κ3) is 3.30. The SMILES string of the molecule is O=C(O)CCN1C[C@@H]2CC[C@H]1CN(C(=O)c1ccccc1)C2. The fourth-order valence-corrected chi connectivity index (χ4v) is 3.62. The topological polar surface area (TPSA) is 60.9 Å². The fraction of sp³-hybridized carbons (Fsp3) is 0.529. The van der Waals surface area contributed by atoms with Gasteiger partial charge in [0.25, 0.3) is 5.91 Å². The van der Waals surface area contributed by atoms with Gasteiger partial charge in [-0.1, -0.05) is 18.2 Å². The summed E-state index contributed by atoms with van der Waals surface area (Å²) in [6, 6.07) is 9.70. The van der Waals surface area contributed by atoms with E-state index < -0.39 is 5.97 Å². The van der Waals surface area contributed by atoms with Gasteiger partial charge in [0.15, 0.2) is 0 Å². The lowest BCUT2D eigenvalue weighted by Crippen LogP contribution is -2.45. The van der Waals surface area contributed by atoms with E-state index in [-0.39, 0.29) is 12.3 Å². The number of hydrogen-bond donors (Lipinski definition) is 1. The molecule has 1 aromatic rings. The highest BCUT2D eigenvalue weighted by Crippen LogP contribution is 2.28. The number of aliphatic carboxylic acids is 1. The Bertz CT molecular complexity index is 546. The van der Waals surface area contributed by atoms with Crippen molar-refractivity contribution in [2.45, 2.75) is 25.3 Å². The molecule has 0 unspecified atom stereocenters. The Kier molecular flexibility index (Phi) is 4.43. The minimum absolute atomic E-state index is 0.0950. The Morgan fingerprint density at radius 1 is 1.09 bits per heavy atom. The van der Waals surface area contributed by atoms with Crippen LogP contribution in [0.5, 0.6) is 0 Å². The van der Waals surface area contributed by atoms with Gasteiger partial charge in [0.1, 0.15) is 0 Å². The van der Waals surface area contributed by atoms with E-state index in [0.717, 1.165) is 31.5 Å². The van der Waals surface area contributed by atoms with Gasteiger partial charge in [-0.05, 0) is 30.9 Å². The number of nitrogens with zero attached hydrogens (tertiary/aromatic N) is 2. The summed E-state index contributed by atoms with van der Waals surface area (Å²) >= 11 is 0. The largest absolute Gasteiger partial charge is 0.481 e. The maximum Gasteiger partial charge on any atom is 0.304 e. The van der Waals surface area contributed by atoms with Gasteiger partial charge in [0, 0.05) is 37.8 Å². The second-order valence-electron chi connectivity index (χ2n) is 6.31. The lowest BCUT2D eigenvalue weighted by atomic mass is 9.95. The number of rotatable bonds is 4. The smallest absolute Gasteiger partial charge is 0.304 e. The van der Waals surface area contributed by atoms with Crippen LogP contribution in [0.3, 0.4) is 0 Å². The Morgan fingerprint density at radius 2 is 1.86 bits per heavy atom. The van der Waals surface area contributed by atoms with E-state index in [2.05, 4.69) is 4.90 Å². The Labute approximate surface area is 130 Å². The number of fused-ring (bicyclic) bond motifs is 4. The van der Waals surface area contributed by atoms with E-state index in [9.17, 15) is 9.59 Å². The molecule has 5 nitrogen and oxygen atoms in total. The second-order valence-corrected chi connectivity index (χ2v) is 6.31. The minimum atomic E-state index is -0.752. The maximum absolute atomic E-state index is 12.7. The molecule has 0 spiro atoms. The zero-order valence-electron chi connectivity index (χ0n) is 12.6. The van der Waals surface area contributed by atoms with Crippen molar-refractivity contribution in [3.05, 3.63) is 35.9 Å². The number of carbonyl (C=O) groups excluding carboxylic acids is 1. The van der Waals surface area contributed by atoms with E-state index in [1.54, 1.807) is 0 Å². The summed E-state index contributed by atoms with van der Waals surface area (Å²) < 4.78 is 0. The molecule has 2 atom stereocenters. The summed E-state index contributed by atoms with van der Waals surface area (Å²) in [6.45, 7) is 3.00. The highest BCUT2D eigenvalue weighted by atomic mass is 16.4. The standard InChI is InChI=1S/C17H22N2O3/c20-16(21)8-9-18-10-13-6-7-15(18)12-19(11-13)17(22)14-4-2-1-3-5-14/h1-5,13,15H,6-12H2,(H,20,21)/t13-,15-/m0/s1. The summed E-state index contributed by atoms with van der Waals surface area (Å²) in [4.78, 5) is 27.7. The number of amides is 1. The predicted molar refractivity (Wildman–Crippen MR) is 82.7 cm³/mol. The first-order chi connectivity index (χ1) is 10.6. The molecule has 118 valence electrons. The molecule has 2 bridgehead atoms. The van der Waals surface area contributed by atoms with E-state index in [4.69, 9.17) is 5.11 Å². The van der Waals surface area contributed by atoms with Crippen molar-refractivity contribution in [3.8, 4) is 0 Å². The summed E-state index contributed by atoms with van der Waals surface area (Å²) in [5.41, 5.74) is 0.737. The van der Waals surface area contributed by atoms with Gasteiger partial charge in [-0.2, -0.15) is 0 Å². The third-order valence-corrected chi connectivity index (χ3v) is 4.75. The maximum atomic E-state index is 12.7. The van der Waals surface area contributed by atoms with Gasteiger partial charge < -0.3 is 10.0 Å². The zero-order chi connectivity index (χ0) is 15.5. The van der Waals surface area contributed by atoms with Crippen LogP contribution in [0.15, 0.2) is 30.3 Å². The molecule has 0 aromatic heterocycles. The quantitative estimate of drug-likeness (QED) is 0.919. The molecule has 3 saturated heterocycles. The first kappa shape index (κ1) is 15.0. The molecule has 3 heterocycles. The molecule has 0 radical (unpaired) electrons. The molecule has 3 fully saturated rings. The van der Waals surface area contributed by atoms with E-state index in [1.807, 2.05) is 35.2 Å². The lowest BCUT2D eigenvalue weighted by Gasteiger charge is -2.35. The van der Waals surface area contributed by atoms with Crippen LogP contribution in [0.1, 0.15) is 29.6 Å². The molecule has 1 N–H and O–H groups in total. The van der Waals surface area contributed by atoms with Crippen LogP contribution in [-0.4, -0.2) is 59.0 Å². The number of piperidine rings is 1. The molecule has 0 aliphatic carbocycles. The highest BCUT2D eigenvalue weighted by molar-refractivity contribution is 5.94. The monoisotopic (exact) mass is 302 g/mol. The Balaban J connectivity index is 1.69. The van der Waals surface area contributed by atoms with E-state index in [0.29, 0.717) is 25.0 Å². The van der Waals surface area contributed by atoms with Gasteiger partial charge in [-0.25, -0.2) is 0 Å². The predicted octanol–water partition coefficient (Wildman–Crippen LogP) is 1.70. The zero-order valence-corrected chi connectivity index (χ0v) is 12.6. The van der Waals surface area contributed by atoms with Gasteiger partial charge in [-0.15, -0.1) is 0 Å². The Hall–Kier alpha value is -1.88. The van der Waals surface area contributed by atoms with Crippen molar-refractivity contribution in [1.29, 1.82) is 0 Å². The average molecular weight is 302 g/mol. The number of hydrogen-bond acceptors (Lipinski definition) is 3. The molecule has 3 aliphatic heterocycles. The number of carboxylic acids is 1. The Morgan fingerprint density at radius 3 is 2.59 bits per heavy atom. The molecule has 4 rings (SSSR count). The van der Waals surface area contributed by atoms with Crippen LogP contribution in [0.4, 0.5) is 0 Å². The van der Waals surface area contributed by atoms with Crippen molar-refractivity contribution in [2.75, 3.05) is 26.2 Å². The van der Waals surface area contributed by atoms with Crippen molar-refractivity contribution >= 4 is 11.9 Å². The third-order valence-electron chi connectivity index (χ3n) is 4.75. The van der Waals surface area contributed by atoms with Crippen molar-refractivity contribution in [1.82, 2.24) is 9.80 Å². The minimum Gasteiger partial charge on any atom is -0.481 e. The van der Waals surface area contributed by atoms with Gasteiger partial charge in [0.05, 0.1) is 6.42 Å². The van der Waals surface area contributed by atoms with Crippen LogP contribution in [-0.2, 0) is 4.79 Å². The summed E-state index contributed by atoms with van der Waals surface area (Å²) in [5.74, 6) is -0.199. The van der Waals surface area contributed by atoms with Crippen LogP contribution >= 0.6 is 0 Å². The highest BCUT2D eigenvalue weighted by Gasteiger charge is 2.36. The lowest BCUT2D eigenvalue weighted by molar-refractivity contribution is -0.137. The molecule has 22 heavy (non-hydrogen) atoms. The second kappa shape index (κ2) is 6.48. The number of benzene rings is 1. The normalized spacial score (nSPS) is 25.0. The molecule has 1 aromatic carbocycles. The summed E-state index contributed by atoms with van der Waals surface area (Å²) in [6.07, 6.45) is 2.37. The first-order valence-corrected chi connectivity index (χ1v) is 7.93. The van der Waals surface area contributed by atoms with Crippen LogP contribution in [0.25, 0.3) is 0 Å². The molecule has 1 amide bonds. The van der Waals surface area contributed by atoms with E-state index >= 15 is 0 Å². The summed E-state index contributed by atoms with van der Waals surface area (Å²) in [7, 11) is 0. The van der Waals surface area contributed by atoms with Crippen molar-refractivity contribution in [3.63, 3.8) is 0 Å². The van der Waals surface area contributed by atoms with Crippen molar-refractivity contribution in [2.24, 2.45) is 5.92 Å². The van der Waals surface area contributed by atoms with E-state index in [1.165, 1.54) is 0 Å². The number of carboxylic acid groups (broad SMARTS) is 1. The summed E-state index contributed by atoms with van der Waals surface area (Å²) in [5, 5.41) is 8.88. The van der Waals surface area contributed by atoms with Crippen molar-refractivity contribution < 1.29 is 14.7 Å². The molecular weight excluding hydrogens is 280 g/mol. The molecule has 5 heteroatoms. The van der Waals surface area contributed by atoms with Gasteiger partial charge >= 0.3 is 5.97 Å². The number of carbonyl (C=O) groups is 2. The average Bonchev–Trinajstić information content (AvgIpc) is 2.84.